The van der Waals surface area contributed by atoms with E-state index < -0.39 is 11.9 Å². The number of fused-ring (bicyclic) bond motifs is 8. The molecule has 240 valence electrons. The number of nitrogens with zero attached hydrogens (tertiary/aromatic N) is 2. The largest absolute Gasteiger partial charge is 0.469 e. The smallest absolute Gasteiger partial charge is 0.340 e. The normalized spacial score (nSPS) is 14.3. The van der Waals surface area contributed by atoms with Crippen molar-refractivity contribution in [3.63, 3.8) is 0 Å². The van der Waals surface area contributed by atoms with Crippen LogP contribution < -0.4 is 0 Å². The van der Waals surface area contributed by atoms with E-state index in [1.54, 1.807) is 0 Å². The van der Waals surface area contributed by atoms with Crippen molar-refractivity contribution in [2.24, 2.45) is 0 Å². The lowest BCUT2D eigenvalue weighted by Crippen LogP contribution is -2.14. The molecule has 5 heterocycles. The summed E-state index contributed by atoms with van der Waals surface area (Å²) >= 11 is 0. The zero-order valence-electron chi connectivity index (χ0n) is 27.5. The lowest BCUT2D eigenvalue weighted by Gasteiger charge is -2.14. The van der Waals surface area contributed by atoms with Gasteiger partial charge < -0.3 is 24.2 Å². The fraction of sp³-hybridized carbons (Fsp3) is 0.361. The van der Waals surface area contributed by atoms with Crippen molar-refractivity contribution in [2.75, 3.05) is 21.3 Å². The maximum absolute atomic E-state index is 13.4. The Balaban J connectivity index is 1.99. The number of aromatic amines is 2. The highest BCUT2D eigenvalue weighted by atomic mass is 16.5. The van der Waals surface area contributed by atoms with Crippen LogP contribution >= 0.6 is 0 Å². The minimum atomic E-state index is -0.570. The average molecular weight is 625 g/mol. The fourth-order valence-corrected chi connectivity index (χ4v) is 6.49. The summed E-state index contributed by atoms with van der Waals surface area (Å²) in [6, 6.07) is 6.02. The van der Waals surface area contributed by atoms with Crippen molar-refractivity contribution < 1.29 is 28.6 Å². The van der Waals surface area contributed by atoms with E-state index in [0.717, 1.165) is 56.4 Å². The molecule has 0 amide bonds. The van der Waals surface area contributed by atoms with E-state index in [-0.39, 0.29) is 30.3 Å². The third kappa shape index (κ3) is 5.87. The summed E-state index contributed by atoms with van der Waals surface area (Å²) in [6.07, 6.45) is 3.52. The summed E-state index contributed by atoms with van der Waals surface area (Å²) in [5.41, 5.74) is 11.4. The van der Waals surface area contributed by atoms with Crippen molar-refractivity contribution >= 4 is 57.2 Å². The lowest BCUT2D eigenvalue weighted by molar-refractivity contribution is -0.141. The van der Waals surface area contributed by atoms with Crippen molar-refractivity contribution in [2.45, 2.75) is 65.7 Å². The Kier molecular flexibility index (Phi) is 9.27. The number of rotatable bonds is 8. The van der Waals surface area contributed by atoms with Gasteiger partial charge in [0, 0.05) is 51.2 Å². The summed E-state index contributed by atoms with van der Waals surface area (Å²) in [6.45, 7) is 12.1. The molecule has 0 spiro atoms. The molecule has 8 bridgehead atoms. The van der Waals surface area contributed by atoms with Crippen LogP contribution in [0.1, 0.15) is 83.2 Å². The second-order valence-electron chi connectivity index (χ2n) is 11.6. The van der Waals surface area contributed by atoms with Crippen LogP contribution in [-0.2, 0) is 47.9 Å². The number of nitrogens with one attached hydrogen (secondary N) is 2. The quantitative estimate of drug-likeness (QED) is 0.222. The second-order valence-corrected chi connectivity index (χ2v) is 11.6. The van der Waals surface area contributed by atoms with Crippen LogP contribution in [0.2, 0.25) is 0 Å². The fourth-order valence-electron chi connectivity index (χ4n) is 6.49. The van der Waals surface area contributed by atoms with Crippen molar-refractivity contribution in [1.82, 2.24) is 19.9 Å². The van der Waals surface area contributed by atoms with Crippen LogP contribution in [0.4, 0.5) is 0 Å². The number of H-pyrrole nitrogens is 2. The summed E-state index contributed by atoms with van der Waals surface area (Å²) in [4.78, 5) is 55.7. The third-order valence-electron chi connectivity index (χ3n) is 9.05. The minimum Gasteiger partial charge on any atom is -0.469 e. The molecule has 0 fully saturated rings. The molecule has 3 aromatic heterocycles. The number of carbonyl (C=O) groups is 3. The highest BCUT2D eigenvalue weighted by Gasteiger charge is 2.33. The predicted molar refractivity (Wildman–Crippen MR) is 178 cm³/mol. The minimum absolute atomic E-state index is 0.157. The molecule has 10 heteroatoms. The van der Waals surface area contributed by atoms with Gasteiger partial charge in [-0.15, -0.1) is 0 Å². The van der Waals surface area contributed by atoms with Gasteiger partial charge in [-0.25, -0.2) is 9.78 Å². The van der Waals surface area contributed by atoms with Gasteiger partial charge in [-0.1, -0.05) is 19.6 Å². The summed E-state index contributed by atoms with van der Waals surface area (Å²) < 4.78 is 15.3. The highest BCUT2D eigenvalue weighted by Crippen LogP contribution is 2.39. The maximum Gasteiger partial charge on any atom is 0.340 e. The molecule has 0 saturated carbocycles. The monoisotopic (exact) mass is 624 g/mol. The summed E-state index contributed by atoms with van der Waals surface area (Å²) in [5.74, 6) is -1.68. The zero-order chi connectivity index (χ0) is 33.3. The molecule has 0 aliphatic carbocycles. The van der Waals surface area contributed by atoms with Gasteiger partial charge in [-0.2, -0.15) is 0 Å². The molecule has 0 radical (unpaired) electrons. The molecular weight excluding hydrogens is 584 g/mol. The predicted octanol–water partition coefficient (Wildman–Crippen LogP) is 6.24. The van der Waals surface area contributed by atoms with E-state index in [1.807, 2.05) is 32.1 Å². The van der Waals surface area contributed by atoms with Crippen LogP contribution in [0, 0.1) is 13.8 Å². The Morgan fingerprint density at radius 3 is 2.24 bits per heavy atom. The molecule has 0 aromatic carbocycles. The number of esters is 3. The van der Waals surface area contributed by atoms with E-state index in [9.17, 15) is 14.4 Å². The molecule has 2 aliphatic rings. The van der Waals surface area contributed by atoms with Gasteiger partial charge in [0.05, 0.1) is 50.4 Å². The first-order valence-corrected chi connectivity index (χ1v) is 15.4. The second kappa shape index (κ2) is 13.2. The number of aromatic nitrogens is 4. The summed E-state index contributed by atoms with van der Waals surface area (Å²) in [7, 11) is 3.99. The Morgan fingerprint density at radius 1 is 0.891 bits per heavy atom. The molecule has 3 aromatic rings. The molecule has 0 unspecified atom stereocenters. The van der Waals surface area contributed by atoms with Crippen LogP contribution in [0.25, 0.3) is 39.3 Å². The van der Waals surface area contributed by atoms with Gasteiger partial charge in [0.25, 0.3) is 0 Å². The number of hydrogen-bond donors (Lipinski definition) is 2. The summed E-state index contributed by atoms with van der Waals surface area (Å²) in [5, 5.41) is 0. The van der Waals surface area contributed by atoms with E-state index in [2.05, 4.69) is 36.5 Å². The Labute approximate surface area is 267 Å². The number of allylic oxidation sites excluding steroid dienone is 1. The number of aryl methyl sites for hydroxylation is 3. The van der Waals surface area contributed by atoms with E-state index in [0.29, 0.717) is 41.1 Å². The molecule has 1 atom stereocenters. The van der Waals surface area contributed by atoms with Crippen LogP contribution in [0.3, 0.4) is 0 Å². The van der Waals surface area contributed by atoms with Gasteiger partial charge in [0.15, 0.2) is 0 Å². The highest BCUT2D eigenvalue weighted by molar-refractivity contribution is 6.25. The molecule has 5 rings (SSSR count). The van der Waals surface area contributed by atoms with Crippen LogP contribution in [0.5, 0.6) is 0 Å². The van der Waals surface area contributed by atoms with Crippen molar-refractivity contribution in [3.8, 4) is 0 Å². The molecule has 0 saturated heterocycles. The third-order valence-corrected chi connectivity index (χ3v) is 9.05. The topological polar surface area (TPSA) is 136 Å². The standard InChI is InChI=1S/C36H40N4O6/c1-9-23-18(3)26-14-22-13-21(11-12-31(41)44-6)34(37-22)25(15-32(42)45-7)35-33(36(43)46-8)20(5)28(40-35)17-30-24(10-2)19(4)27(39-30)16-29(23)38-26/h9,14,16-17,21,38-39H,1,10-13,15H2,2-8H3/t21-/m0/s1. The first-order chi connectivity index (χ1) is 22.0. The van der Waals surface area contributed by atoms with E-state index in [4.69, 9.17) is 24.2 Å². The van der Waals surface area contributed by atoms with Gasteiger partial charge >= 0.3 is 17.9 Å². The Morgan fingerprint density at radius 2 is 1.59 bits per heavy atom. The van der Waals surface area contributed by atoms with E-state index in [1.165, 1.54) is 21.3 Å². The first kappa shape index (κ1) is 32.4. The number of hydrogen-bond acceptors (Lipinski definition) is 8. The van der Waals surface area contributed by atoms with Gasteiger partial charge in [0.2, 0.25) is 0 Å². The van der Waals surface area contributed by atoms with E-state index >= 15 is 0 Å². The Bertz CT molecular complexity index is 1960. The SMILES string of the molecule is C=Cc1c(C)c2cc3nc(c(CC(=O)OC)c4nc(cc5[nH]c(cc1[nH]2)c(C)c5CC)C(C)=C4C(=O)OC)[C@@H](CCC(=O)OC)C3. The lowest BCUT2D eigenvalue weighted by atomic mass is 9.90. The van der Waals surface area contributed by atoms with Gasteiger partial charge in [-0.05, 0) is 80.5 Å². The zero-order valence-corrected chi connectivity index (χ0v) is 27.5. The molecule has 46 heavy (non-hydrogen) atoms. The van der Waals surface area contributed by atoms with Gasteiger partial charge in [0.1, 0.15) is 0 Å². The number of carbonyl (C=O) groups excluding carboxylic acids is 3. The first-order valence-electron chi connectivity index (χ1n) is 15.4. The van der Waals surface area contributed by atoms with Gasteiger partial charge in [-0.3, -0.25) is 14.6 Å². The number of methoxy groups -OCH3 is 3. The molecular formula is C36H40N4O6. The number of ether oxygens (including phenoxy) is 3. The molecule has 2 aliphatic heterocycles. The van der Waals surface area contributed by atoms with Crippen molar-refractivity contribution in [1.29, 1.82) is 0 Å². The Hall–Kier alpha value is -4.99. The molecule has 2 N–H and O–H groups in total. The average Bonchev–Trinajstić information content (AvgIpc) is 3.76. The maximum atomic E-state index is 13.4. The molecule has 10 nitrogen and oxygen atoms in total. The van der Waals surface area contributed by atoms with Crippen molar-refractivity contribution in [3.05, 3.63) is 75.4 Å². The van der Waals surface area contributed by atoms with Crippen LogP contribution in [-0.4, -0.2) is 59.2 Å². The van der Waals surface area contributed by atoms with Crippen LogP contribution in [0.15, 0.2) is 24.8 Å².